The summed E-state index contributed by atoms with van der Waals surface area (Å²) in [6.45, 7) is 0.438. The molecular weight excluding hydrogens is 205 g/mol. The van der Waals surface area contributed by atoms with Crippen molar-refractivity contribution in [1.82, 2.24) is 0 Å². The van der Waals surface area contributed by atoms with Crippen LogP contribution in [0.15, 0.2) is 18.2 Å². The van der Waals surface area contributed by atoms with E-state index in [9.17, 15) is 9.82 Å². The number of anilines is 1. The lowest BCUT2D eigenvalue weighted by atomic mass is 9.79. The molecule has 1 aliphatic heterocycles. The third kappa shape index (κ3) is 1.72. The van der Waals surface area contributed by atoms with Crippen LogP contribution >= 0.6 is 0 Å². The summed E-state index contributed by atoms with van der Waals surface area (Å²) in [6.07, 6.45) is 1.98. The molecular formula is C11H12BNO3. The number of fused-ring (bicyclic) bond motifs is 1. The summed E-state index contributed by atoms with van der Waals surface area (Å²) in [4.78, 5) is 11.6. The van der Waals surface area contributed by atoms with E-state index in [1.807, 2.05) is 12.1 Å². The van der Waals surface area contributed by atoms with Crippen molar-refractivity contribution in [3.63, 3.8) is 0 Å². The number of hydrogen-bond donors (Lipinski definition) is 2. The predicted octanol–water partition coefficient (Wildman–Crippen LogP) is 0.253. The Labute approximate surface area is 93.8 Å². The van der Waals surface area contributed by atoms with Crippen molar-refractivity contribution in [2.24, 2.45) is 5.92 Å². The lowest BCUT2D eigenvalue weighted by Crippen LogP contribution is -2.28. The molecule has 1 aliphatic carbocycles. The molecule has 4 nitrogen and oxygen atoms in total. The molecule has 1 heterocycles. The average molecular weight is 217 g/mol. The van der Waals surface area contributed by atoms with Gasteiger partial charge in [0.15, 0.2) is 0 Å². The van der Waals surface area contributed by atoms with Crippen LogP contribution in [0.3, 0.4) is 0 Å². The van der Waals surface area contributed by atoms with Crippen LogP contribution in [-0.2, 0) is 16.1 Å². The highest BCUT2D eigenvalue weighted by atomic mass is 16.5. The van der Waals surface area contributed by atoms with Crippen LogP contribution in [0.5, 0.6) is 0 Å². The van der Waals surface area contributed by atoms with Gasteiger partial charge in [-0.1, -0.05) is 6.07 Å². The highest BCUT2D eigenvalue weighted by Gasteiger charge is 2.31. The smallest absolute Gasteiger partial charge is 0.423 e. The lowest BCUT2D eigenvalue weighted by molar-refractivity contribution is -0.117. The van der Waals surface area contributed by atoms with Crippen molar-refractivity contribution in [3.8, 4) is 0 Å². The van der Waals surface area contributed by atoms with Crippen molar-refractivity contribution >= 4 is 24.2 Å². The van der Waals surface area contributed by atoms with Gasteiger partial charge in [0, 0.05) is 11.6 Å². The van der Waals surface area contributed by atoms with Crippen LogP contribution in [0.4, 0.5) is 5.69 Å². The molecule has 1 amide bonds. The Balaban J connectivity index is 1.80. The zero-order chi connectivity index (χ0) is 11.1. The van der Waals surface area contributed by atoms with Gasteiger partial charge in [0.1, 0.15) is 0 Å². The summed E-state index contributed by atoms with van der Waals surface area (Å²) in [6, 6.07) is 5.52. The molecule has 0 atom stereocenters. The van der Waals surface area contributed by atoms with Crippen LogP contribution < -0.4 is 10.8 Å². The molecule has 1 fully saturated rings. The second-order valence-electron chi connectivity index (χ2n) is 4.34. The summed E-state index contributed by atoms with van der Waals surface area (Å²) in [5.74, 6) is 0.266. The Kier molecular flexibility index (Phi) is 2.23. The minimum atomic E-state index is -0.854. The molecule has 5 heteroatoms. The summed E-state index contributed by atoms with van der Waals surface area (Å²) in [7, 11) is -0.854. The molecule has 3 rings (SSSR count). The fourth-order valence-electron chi connectivity index (χ4n) is 1.88. The SMILES string of the molecule is O=C(Nc1ccc2c(c1)B(O)OC2)C1CC1. The zero-order valence-corrected chi connectivity index (χ0v) is 8.77. The van der Waals surface area contributed by atoms with E-state index < -0.39 is 7.12 Å². The van der Waals surface area contributed by atoms with E-state index in [1.54, 1.807) is 6.07 Å². The van der Waals surface area contributed by atoms with E-state index in [-0.39, 0.29) is 11.8 Å². The van der Waals surface area contributed by atoms with E-state index in [0.29, 0.717) is 6.61 Å². The molecule has 0 saturated heterocycles. The molecule has 0 spiro atoms. The highest BCUT2D eigenvalue weighted by molar-refractivity contribution is 6.61. The normalized spacial score (nSPS) is 18.4. The average Bonchev–Trinajstić information content (AvgIpc) is 3.06. The summed E-state index contributed by atoms with van der Waals surface area (Å²) >= 11 is 0. The van der Waals surface area contributed by atoms with Crippen LogP contribution in [0.1, 0.15) is 18.4 Å². The second-order valence-corrected chi connectivity index (χ2v) is 4.34. The van der Waals surface area contributed by atoms with Crippen molar-refractivity contribution in [3.05, 3.63) is 23.8 Å². The van der Waals surface area contributed by atoms with Crippen LogP contribution in [0.2, 0.25) is 0 Å². The highest BCUT2D eigenvalue weighted by Crippen LogP contribution is 2.30. The number of benzene rings is 1. The fraction of sp³-hybridized carbons (Fsp3) is 0.364. The number of nitrogens with one attached hydrogen (secondary N) is 1. The third-order valence-corrected chi connectivity index (χ3v) is 3.02. The summed E-state index contributed by atoms with van der Waals surface area (Å²) in [5, 5.41) is 12.4. The minimum Gasteiger partial charge on any atom is -0.423 e. The Hall–Kier alpha value is -1.33. The molecule has 2 aliphatic rings. The standard InChI is InChI=1S/C11H12BNO3/c14-11(7-1-2-7)13-9-4-3-8-6-16-12(15)10(8)5-9/h3-5,7,15H,1-2,6H2,(H,13,14). The van der Waals surface area contributed by atoms with Gasteiger partial charge in [-0.25, -0.2) is 0 Å². The van der Waals surface area contributed by atoms with Gasteiger partial charge in [-0.3, -0.25) is 4.79 Å². The lowest BCUT2D eigenvalue weighted by Gasteiger charge is -2.06. The van der Waals surface area contributed by atoms with Gasteiger partial charge < -0.3 is 15.0 Å². The Morgan fingerprint density at radius 1 is 1.50 bits per heavy atom. The van der Waals surface area contributed by atoms with E-state index in [0.717, 1.165) is 29.6 Å². The first kappa shape index (κ1) is 9.87. The van der Waals surface area contributed by atoms with E-state index in [2.05, 4.69) is 5.32 Å². The molecule has 0 bridgehead atoms. The van der Waals surface area contributed by atoms with Crippen molar-refractivity contribution < 1.29 is 14.5 Å². The molecule has 1 aromatic carbocycles. The first-order chi connectivity index (χ1) is 7.74. The van der Waals surface area contributed by atoms with Gasteiger partial charge in [0.25, 0.3) is 0 Å². The van der Waals surface area contributed by atoms with Gasteiger partial charge >= 0.3 is 7.12 Å². The van der Waals surface area contributed by atoms with E-state index in [4.69, 9.17) is 4.65 Å². The number of carbonyl (C=O) groups is 1. The molecule has 0 aromatic heterocycles. The number of hydrogen-bond acceptors (Lipinski definition) is 3. The Morgan fingerprint density at radius 2 is 2.31 bits per heavy atom. The van der Waals surface area contributed by atoms with Gasteiger partial charge in [-0.15, -0.1) is 0 Å². The van der Waals surface area contributed by atoms with E-state index in [1.165, 1.54) is 0 Å². The number of carbonyl (C=O) groups excluding carboxylic acids is 1. The van der Waals surface area contributed by atoms with Crippen LogP contribution in [0, 0.1) is 5.92 Å². The maximum Gasteiger partial charge on any atom is 0.491 e. The monoisotopic (exact) mass is 217 g/mol. The molecule has 0 unspecified atom stereocenters. The van der Waals surface area contributed by atoms with E-state index >= 15 is 0 Å². The Bertz CT molecular complexity index is 445. The minimum absolute atomic E-state index is 0.0772. The first-order valence-electron chi connectivity index (χ1n) is 5.47. The van der Waals surface area contributed by atoms with Crippen molar-refractivity contribution in [2.45, 2.75) is 19.4 Å². The number of rotatable bonds is 2. The molecule has 2 N–H and O–H groups in total. The second kappa shape index (κ2) is 3.61. The Morgan fingerprint density at radius 3 is 3.06 bits per heavy atom. The van der Waals surface area contributed by atoms with Crippen molar-refractivity contribution in [1.29, 1.82) is 0 Å². The summed E-state index contributed by atoms with van der Waals surface area (Å²) in [5.41, 5.74) is 2.48. The molecule has 82 valence electrons. The molecule has 1 saturated carbocycles. The maximum atomic E-state index is 11.6. The fourth-order valence-corrected chi connectivity index (χ4v) is 1.88. The largest absolute Gasteiger partial charge is 0.491 e. The summed E-state index contributed by atoms with van der Waals surface area (Å²) < 4.78 is 5.09. The first-order valence-corrected chi connectivity index (χ1v) is 5.47. The quantitative estimate of drug-likeness (QED) is 0.698. The number of amides is 1. The topological polar surface area (TPSA) is 58.6 Å². The van der Waals surface area contributed by atoms with Crippen LogP contribution in [-0.4, -0.2) is 18.0 Å². The molecule has 0 radical (unpaired) electrons. The van der Waals surface area contributed by atoms with Crippen LogP contribution in [0.25, 0.3) is 0 Å². The van der Waals surface area contributed by atoms with Gasteiger partial charge in [0.2, 0.25) is 5.91 Å². The third-order valence-electron chi connectivity index (χ3n) is 3.02. The van der Waals surface area contributed by atoms with Crippen molar-refractivity contribution in [2.75, 3.05) is 5.32 Å². The zero-order valence-electron chi connectivity index (χ0n) is 8.77. The maximum absolute atomic E-state index is 11.6. The predicted molar refractivity (Wildman–Crippen MR) is 60.2 cm³/mol. The molecule has 16 heavy (non-hydrogen) atoms. The van der Waals surface area contributed by atoms with Gasteiger partial charge in [-0.05, 0) is 36.0 Å². The van der Waals surface area contributed by atoms with Gasteiger partial charge in [-0.2, -0.15) is 0 Å². The molecule has 1 aromatic rings. The van der Waals surface area contributed by atoms with Gasteiger partial charge in [0.05, 0.1) is 6.61 Å².